The predicted octanol–water partition coefficient (Wildman–Crippen LogP) is 6.56. The van der Waals surface area contributed by atoms with Gasteiger partial charge in [-0.25, -0.2) is 9.78 Å². The maximum absolute atomic E-state index is 12.3. The molecule has 1 atom stereocenters. The molecule has 2 aromatic heterocycles. The van der Waals surface area contributed by atoms with Crippen LogP contribution in [-0.4, -0.2) is 51.7 Å². The number of nitrogens with zero attached hydrogens (tertiary/aromatic N) is 4. The second kappa shape index (κ2) is 12.7. The fourth-order valence-corrected chi connectivity index (χ4v) is 5.38. The van der Waals surface area contributed by atoms with Gasteiger partial charge in [-0.15, -0.1) is 0 Å². The standard InChI is InChI=1S/C30H41N5O4Si/c1-7-15-39-24-12-9-22(10-13-24)28(27-21(3)35(8-2)33-29(27)30(36)37)32-23-11-14-25-26(18-23)34(19-31-25)20-38-16-17-40(4,5)6/h9-14,18-19,28,32H,7-8,15-17,20H2,1-6H3,(H,36,37). The van der Waals surface area contributed by atoms with Crippen molar-refractivity contribution in [3.8, 4) is 5.75 Å². The Morgan fingerprint density at radius 2 is 1.85 bits per heavy atom. The molecule has 40 heavy (non-hydrogen) atoms. The van der Waals surface area contributed by atoms with Gasteiger partial charge in [0.2, 0.25) is 0 Å². The number of carboxylic acid groups (broad SMARTS) is 1. The third-order valence-electron chi connectivity index (χ3n) is 6.89. The summed E-state index contributed by atoms with van der Waals surface area (Å²) in [5, 5.41) is 18.1. The van der Waals surface area contributed by atoms with Gasteiger partial charge in [-0.1, -0.05) is 38.7 Å². The lowest BCUT2D eigenvalue weighted by atomic mass is 9.96. The van der Waals surface area contributed by atoms with E-state index in [0.717, 1.165) is 52.8 Å². The van der Waals surface area contributed by atoms with Crippen molar-refractivity contribution in [2.75, 3.05) is 18.5 Å². The average molecular weight is 564 g/mol. The molecule has 0 bridgehead atoms. The minimum Gasteiger partial charge on any atom is -0.494 e. The number of carbonyl (C=O) groups is 1. The number of hydrogen-bond donors (Lipinski definition) is 2. The highest BCUT2D eigenvalue weighted by Crippen LogP contribution is 2.33. The second-order valence-electron chi connectivity index (χ2n) is 11.2. The Bertz CT molecular complexity index is 1440. The smallest absolute Gasteiger partial charge is 0.356 e. The van der Waals surface area contributed by atoms with Gasteiger partial charge in [-0.3, -0.25) is 4.68 Å². The van der Waals surface area contributed by atoms with E-state index in [1.807, 2.05) is 60.9 Å². The van der Waals surface area contributed by atoms with Gasteiger partial charge in [0, 0.05) is 38.2 Å². The number of aryl methyl sites for hydroxylation is 1. The molecule has 0 saturated heterocycles. The molecule has 0 spiro atoms. The number of anilines is 1. The van der Waals surface area contributed by atoms with Crippen LogP contribution in [0.1, 0.15) is 53.6 Å². The molecule has 0 aliphatic rings. The highest BCUT2D eigenvalue weighted by molar-refractivity contribution is 6.76. The van der Waals surface area contributed by atoms with Crippen LogP contribution >= 0.6 is 0 Å². The monoisotopic (exact) mass is 563 g/mol. The Hall–Kier alpha value is -3.63. The van der Waals surface area contributed by atoms with Crippen molar-refractivity contribution in [3.63, 3.8) is 0 Å². The summed E-state index contributed by atoms with van der Waals surface area (Å²) in [7, 11) is -1.17. The van der Waals surface area contributed by atoms with E-state index >= 15 is 0 Å². The Morgan fingerprint density at radius 3 is 2.50 bits per heavy atom. The third-order valence-corrected chi connectivity index (χ3v) is 8.59. The molecule has 0 fully saturated rings. The minimum atomic E-state index is -1.17. The van der Waals surface area contributed by atoms with E-state index in [4.69, 9.17) is 9.47 Å². The summed E-state index contributed by atoms with van der Waals surface area (Å²) in [6.07, 6.45) is 2.72. The Kier molecular flexibility index (Phi) is 9.31. The molecule has 214 valence electrons. The largest absolute Gasteiger partial charge is 0.494 e. The van der Waals surface area contributed by atoms with Crippen molar-refractivity contribution in [1.82, 2.24) is 19.3 Å². The molecule has 1 unspecified atom stereocenters. The van der Waals surface area contributed by atoms with E-state index in [-0.39, 0.29) is 5.69 Å². The van der Waals surface area contributed by atoms with E-state index in [9.17, 15) is 9.90 Å². The van der Waals surface area contributed by atoms with Crippen molar-refractivity contribution in [3.05, 3.63) is 71.3 Å². The van der Waals surface area contributed by atoms with E-state index in [2.05, 4.69) is 42.0 Å². The highest BCUT2D eigenvalue weighted by atomic mass is 28.3. The number of imidazole rings is 1. The summed E-state index contributed by atoms with van der Waals surface area (Å²) < 4.78 is 15.5. The van der Waals surface area contributed by atoms with Crippen molar-refractivity contribution < 1.29 is 19.4 Å². The first-order chi connectivity index (χ1) is 19.1. The maximum atomic E-state index is 12.3. The fourth-order valence-electron chi connectivity index (χ4n) is 4.63. The zero-order valence-corrected chi connectivity index (χ0v) is 25.4. The van der Waals surface area contributed by atoms with E-state index in [1.165, 1.54) is 0 Å². The molecular weight excluding hydrogens is 522 g/mol. The molecule has 2 N–H and O–H groups in total. The van der Waals surface area contributed by atoms with Crippen LogP contribution in [0.15, 0.2) is 48.8 Å². The van der Waals surface area contributed by atoms with Crippen LogP contribution in [0.4, 0.5) is 5.69 Å². The van der Waals surface area contributed by atoms with Crippen LogP contribution < -0.4 is 10.1 Å². The zero-order chi connectivity index (χ0) is 28.9. The van der Waals surface area contributed by atoms with Gasteiger partial charge in [0.05, 0.1) is 30.0 Å². The Balaban J connectivity index is 1.69. The molecule has 10 heteroatoms. The van der Waals surface area contributed by atoms with Gasteiger partial charge >= 0.3 is 5.97 Å². The predicted molar refractivity (Wildman–Crippen MR) is 161 cm³/mol. The number of carboxylic acids is 1. The van der Waals surface area contributed by atoms with Gasteiger partial charge in [-0.05, 0) is 62.2 Å². The van der Waals surface area contributed by atoms with E-state index < -0.39 is 20.1 Å². The average Bonchev–Trinajstić information content (AvgIpc) is 3.48. The number of rotatable bonds is 14. The lowest BCUT2D eigenvalue weighted by Gasteiger charge is -2.22. The van der Waals surface area contributed by atoms with Crippen LogP contribution in [0.5, 0.6) is 5.75 Å². The molecule has 0 aliphatic heterocycles. The Morgan fingerprint density at radius 1 is 1.10 bits per heavy atom. The van der Waals surface area contributed by atoms with Crippen LogP contribution in [-0.2, 0) is 18.0 Å². The molecule has 9 nitrogen and oxygen atoms in total. The molecule has 0 radical (unpaired) electrons. The molecule has 4 rings (SSSR count). The van der Waals surface area contributed by atoms with Crippen LogP contribution in [0.2, 0.25) is 25.7 Å². The lowest BCUT2D eigenvalue weighted by molar-refractivity contribution is 0.0688. The number of aromatic nitrogens is 4. The number of ether oxygens (including phenoxy) is 2. The minimum absolute atomic E-state index is 0.0464. The summed E-state index contributed by atoms with van der Waals surface area (Å²) in [4.78, 5) is 16.8. The quantitative estimate of drug-likeness (QED) is 0.132. The molecule has 0 saturated carbocycles. The number of nitrogens with one attached hydrogen (secondary N) is 1. The van der Waals surface area contributed by atoms with E-state index in [0.29, 0.717) is 25.4 Å². The number of hydrogen-bond acceptors (Lipinski definition) is 6. The van der Waals surface area contributed by atoms with Crippen molar-refractivity contribution >= 4 is 30.8 Å². The lowest BCUT2D eigenvalue weighted by Crippen LogP contribution is -2.22. The molecule has 4 aromatic rings. The van der Waals surface area contributed by atoms with E-state index in [1.54, 1.807) is 11.0 Å². The van der Waals surface area contributed by atoms with Crippen molar-refractivity contribution in [2.24, 2.45) is 0 Å². The SMILES string of the molecule is CCCOc1ccc(C(Nc2ccc3ncn(COCC[Si](C)(C)C)c3c2)c2c(C(=O)O)nn(CC)c2C)cc1. The van der Waals surface area contributed by atoms with Gasteiger partial charge in [0.15, 0.2) is 5.69 Å². The normalized spacial score (nSPS) is 12.6. The summed E-state index contributed by atoms with van der Waals surface area (Å²) in [6, 6.07) is 14.4. The first-order valence-corrected chi connectivity index (χ1v) is 17.6. The highest BCUT2D eigenvalue weighted by Gasteiger charge is 2.28. The van der Waals surface area contributed by atoms with Crippen LogP contribution in [0.3, 0.4) is 0 Å². The van der Waals surface area contributed by atoms with Crippen LogP contribution in [0.25, 0.3) is 11.0 Å². The molecule has 2 aromatic carbocycles. The molecule has 0 amide bonds. The van der Waals surface area contributed by atoms with Gasteiger partial charge in [0.25, 0.3) is 0 Å². The Labute approximate surface area is 237 Å². The summed E-state index contributed by atoms with van der Waals surface area (Å²) >= 11 is 0. The topological polar surface area (TPSA) is 103 Å². The fraction of sp³-hybridized carbons (Fsp3) is 0.433. The van der Waals surface area contributed by atoms with Crippen molar-refractivity contribution in [1.29, 1.82) is 0 Å². The number of fused-ring (bicyclic) bond motifs is 1. The zero-order valence-electron chi connectivity index (χ0n) is 24.4. The van der Waals surface area contributed by atoms with Crippen molar-refractivity contribution in [2.45, 2.75) is 72.2 Å². The summed E-state index contributed by atoms with van der Waals surface area (Å²) in [5.41, 5.74) is 5.06. The van der Waals surface area contributed by atoms with Crippen LogP contribution in [0, 0.1) is 6.92 Å². The number of aromatic carboxylic acids is 1. The summed E-state index contributed by atoms with van der Waals surface area (Å²) in [5.74, 6) is -0.271. The number of benzene rings is 2. The molecular formula is C30H41N5O4Si. The van der Waals surface area contributed by atoms with Gasteiger partial charge in [0.1, 0.15) is 12.5 Å². The molecule has 2 heterocycles. The van der Waals surface area contributed by atoms with Gasteiger partial charge in [-0.2, -0.15) is 5.10 Å². The second-order valence-corrected chi connectivity index (χ2v) is 16.9. The summed E-state index contributed by atoms with van der Waals surface area (Å²) in [6.45, 7) is 15.3. The van der Waals surface area contributed by atoms with Gasteiger partial charge < -0.3 is 24.5 Å². The first kappa shape index (κ1) is 29.4. The molecule has 0 aliphatic carbocycles. The maximum Gasteiger partial charge on any atom is 0.356 e. The first-order valence-electron chi connectivity index (χ1n) is 13.9. The third kappa shape index (κ3) is 6.92.